The fourth-order valence-electron chi connectivity index (χ4n) is 2.21. The van der Waals surface area contributed by atoms with Gasteiger partial charge in [0.25, 0.3) is 0 Å². The second-order valence-corrected chi connectivity index (χ2v) is 7.00. The molecule has 0 spiro atoms. The summed E-state index contributed by atoms with van der Waals surface area (Å²) in [5.74, 6) is 0.228. The number of rotatable bonds is 4. The Morgan fingerprint density at radius 3 is 2.68 bits per heavy atom. The van der Waals surface area contributed by atoms with Gasteiger partial charge in [-0.25, -0.2) is 4.98 Å². The van der Waals surface area contributed by atoms with Crippen LogP contribution in [0.4, 0.5) is 0 Å². The summed E-state index contributed by atoms with van der Waals surface area (Å²) in [6, 6.07) is 0. The molecule has 1 aromatic rings. The van der Waals surface area contributed by atoms with Gasteiger partial charge >= 0.3 is 0 Å². The largest absolute Gasteiger partial charge is 0.339 e. The van der Waals surface area contributed by atoms with E-state index < -0.39 is 0 Å². The van der Waals surface area contributed by atoms with Gasteiger partial charge in [-0.2, -0.15) is 0 Å². The van der Waals surface area contributed by atoms with E-state index in [1.807, 2.05) is 18.7 Å². The van der Waals surface area contributed by atoms with Crippen LogP contribution in [0.15, 0.2) is 5.38 Å². The van der Waals surface area contributed by atoms with E-state index >= 15 is 0 Å². The lowest BCUT2D eigenvalue weighted by atomic mass is 10.2. The van der Waals surface area contributed by atoms with Gasteiger partial charge in [-0.1, -0.05) is 22.9 Å². The number of hydrogen-bond acceptors (Lipinski definition) is 4. The smallest absolute Gasteiger partial charge is 0.236 e. The van der Waals surface area contributed by atoms with E-state index in [0.29, 0.717) is 0 Å². The maximum atomic E-state index is 12.0. The van der Waals surface area contributed by atoms with Crippen LogP contribution in [-0.4, -0.2) is 51.7 Å². The molecule has 106 valence electrons. The molecule has 6 heteroatoms. The maximum Gasteiger partial charge on any atom is 0.236 e. The number of alkyl halides is 1. The Balaban J connectivity index is 1.81. The zero-order valence-electron chi connectivity index (χ0n) is 11.4. The second-order valence-electron chi connectivity index (χ2n) is 4.84. The second kappa shape index (κ2) is 6.81. The summed E-state index contributed by atoms with van der Waals surface area (Å²) in [5.41, 5.74) is 1.15. The number of aromatic nitrogens is 1. The first-order chi connectivity index (χ1) is 9.10. The highest BCUT2D eigenvalue weighted by Crippen LogP contribution is 2.14. The molecule has 1 aliphatic heterocycles. The summed E-state index contributed by atoms with van der Waals surface area (Å²) in [6.45, 7) is 8.48. The third-order valence-electron chi connectivity index (χ3n) is 3.36. The van der Waals surface area contributed by atoms with Gasteiger partial charge in [0, 0.05) is 38.1 Å². The van der Waals surface area contributed by atoms with Crippen LogP contribution in [-0.2, 0) is 11.3 Å². The van der Waals surface area contributed by atoms with Crippen LogP contribution in [0.1, 0.15) is 24.0 Å². The van der Waals surface area contributed by atoms with Crippen molar-refractivity contribution >= 4 is 33.2 Å². The number of piperazine rings is 1. The number of thiazole rings is 1. The first-order valence-electron chi connectivity index (χ1n) is 6.66. The quantitative estimate of drug-likeness (QED) is 0.785. The molecule has 2 rings (SSSR count). The molecular weight excluding hydrogens is 326 g/mol. The summed E-state index contributed by atoms with van der Waals surface area (Å²) in [7, 11) is 0. The minimum absolute atomic E-state index is 0.0276. The zero-order chi connectivity index (χ0) is 13.8. The van der Waals surface area contributed by atoms with E-state index in [1.165, 1.54) is 0 Å². The molecule has 1 aliphatic rings. The summed E-state index contributed by atoms with van der Waals surface area (Å²) in [5, 5.41) is 3.24. The van der Waals surface area contributed by atoms with Crippen molar-refractivity contribution in [3.63, 3.8) is 0 Å². The molecule has 2 heterocycles. The lowest BCUT2D eigenvalue weighted by molar-refractivity contribution is -0.132. The lowest BCUT2D eigenvalue weighted by Crippen LogP contribution is -2.50. The first-order valence-corrected chi connectivity index (χ1v) is 8.46. The summed E-state index contributed by atoms with van der Waals surface area (Å²) < 4.78 is 0. The van der Waals surface area contributed by atoms with Crippen LogP contribution >= 0.6 is 27.3 Å². The van der Waals surface area contributed by atoms with Crippen molar-refractivity contribution in [2.24, 2.45) is 0 Å². The molecule has 1 unspecified atom stereocenters. The SMILES string of the molecule is CCC(Br)C(=O)N1CCN(Cc2csc(C)n2)CC1. The molecule has 1 amide bonds. The Hall–Kier alpha value is -0.460. The minimum Gasteiger partial charge on any atom is -0.339 e. The number of amides is 1. The van der Waals surface area contributed by atoms with Gasteiger partial charge in [0.1, 0.15) is 0 Å². The fourth-order valence-corrected chi connectivity index (χ4v) is 3.10. The Labute approximate surface area is 126 Å². The molecule has 19 heavy (non-hydrogen) atoms. The van der Waals surface area contributed by atoms with E-state index in [9.17, 15) is 4.79 Å². The van der Waals surface area contributed by atoms with Crippen molar-refractivity contribution in [3.05, 3.63) is 16.1 Å². The lowest BCUT2D eigenvalue weighted by Gasteiger charge is -2.35. The standard InChI is InChI=1S/C13H20BrN3OS/c1-3-12(14)13(18)17-6-4-16(5-7-17)8-11-9-19-10(2)15-11/h9,12H,3-8H2,1-2H3. The summed E-state index contributed by atoms with van der Waals surface area (Å²) in [4.78, 5) is 20.8. The van der Waals surface area contributed by atoms with Crippen LogP contribution in [0.3, 0.4) is 0 Å². The van der Waals surface area contributed by atoms with E-state index in [1.54, 1.807) is 11.3 Å². The Kier molecular flexibility index (Phi) is 5.36. The third kappa shape index (κ3) is 4.00. The highest BCUT2D eigenvalue weighted by atomic mass is 79.9. The Morgan fingerprint density at radius 1 is 1.47 bits per heavy atom. The number of carbonyl (C=O) groups is 1. The highest BCUT2D eigenvalue weighted by Gasteiger charge is 2.24. The van der Waals surface area contributed by atoms with Crippen LogP contribution < -0.4 is 0 Å². The highest BCUT2D eigenvalue weighted by molar-refractivity contribution is 9.10. The molecule has 1 saturated heterocycles. The van der Waals surface area contributed by atoms with E-state index in [2.05, 4.69) is 31.2 Å². The van der Waals surface area contributed by atoms with Crippen molar-refractivity contribution in [1.82, 2.24) is 14.8 Å². The molecule has 1 fully saturated rings. The predicted molar refractivity (Wildman–Crippen MR) is 81.7 cm³/mol. The van der Waals surface area contributed by atoms with Crippen molar-refractivity contribution in [3.8, 4) is 0 Å². The maximum absolute atomic E-state index is 12.0. The average Bonchev–Trinajstić information content (AvgIpc) is 2.83. The van der Waals surface area contributed by atoms with Gasteiger partial charge in [-0.3, -0.25) is 9.69 Å². The van der Waals surface area contributed by atoms with Crippen LogP contribution in [0.5, 0.6) is 0 Å². The normalized spacial score (nSPS) is 18.6. The van der Waals surface area contributed by atoms with Crippen molar-refractivity contribution in [1.29, 1.82) is 0 Å². The molecule has 0 radical (unpaired) electrons. The van der Waals surface area contributed by atoms with E-state index in [0.717, 1.165) is 49.8 Å². The number of nitrogens with zero attached hydrogens (tertiary/aromatic N) is 3. The monoisotopic (exact) mass is 345 g/mol. The van der Waals surface area contributed by atoms with Crippen LogP contribution in [0.25, 0.3) is 0 Å². The topological polar surface area (TPSA) is 36.4 Å². The van der Waals surface area contributed by atoms with Gasteiger partial charge in [-0.15, -0.1) is 11.3 Å². The fraction of sp³-hybridized carbons (Fsp3) is 0.692. The zero-order valence-corrected chi connectivity index (χ0v) is 13.8. The first kappa shape index (κ1) is 14.9. The van der Waals surface area contributed by atoms with Crippen molar-refractivity contribution in [2.45, 2.75) is 31.6 Å². The van der Waals surface area contributed by atoms with Crippen LogP contribution in [0, 0.1) is 6.92 Å². The molecule has 0 saturated carbocycles. The summed E-state index contributed by atoms with van der Waals surface area (Å²) in [6.07, 6.45) is 0.844. The van der Waals surface area contributed by atoms with Crippen LogP contribution in [0.2, 0.25) is 0 Å². The molecule has 0 aliphatic carbocycles. The molecule has 1 atom stereocenters. The van der Waals surface area contributed by atoms with Gasteiger partial charge in [0.05, 0.1) is 15.5 Å². The molecule has 1 aromatic heterocycles. The number of halogens is 1. The van der Waals surface area contributed by atoms with Gasteiger partial charge in [0.15, 0.2) is 0 Å². The molecular formula is C13H20BrN3OS. The number of aryl methyl sites for hydroxylation is 1. The Morgan fingerprint density at radius 2 is 2.16 bits per heavy atom. The van der Waals surface area contributed by atoms with Crippen molar-refractivity contribution < 1.29 is 4.79 Å². The molecule has 4 nitrogen and oxygen atoms in total. The summed E-state index contributed by atoms with van der Waals surface area (Å²) >= 11 is 5.13. The molecule has 0 bridgehead atoms. The molecule has 0 N–H and O–H groups in total. The average molecular weight is 346 g/mol. The minimum atomic E-state index is -0.0276. The number of carbonyl (C=O) groups excluding carboxylic acids is 1. The Bertz CT molecular complexity index is 429. The van der Waals surface area contributed by atoms with Gasteiger partial charge < -0.3 is 4.90 Å². The van der Waals surface area contributed by atoms with E-state index in [-0.39, 0.29) is 10.7 Å². The van der Waals surface area contributed by atoms with Gasteiger partial charge in [0.2, 0.25) is 5.91 Å². The van der Waals surface area contributed by atoms with E-state index in [4.69, 9.17) is 0 Å². The third-order valence-corrected chi connectivity index (χ3v) is 5.22. The van der Waals surface area contributed by atoms with Crippen molar-refractivity contribution in [2.75, 3.05) is 26.2 Å². The van der Waals surface area contributed by atoms with Gasteiger partial charge in [-0.05, 0) is 13.3 Å². The number of hydrogen-bond donors (Lipinski definition) is 0. The predicted octanol–water partition coefficient (Wildman–Crippen LogP) is 2.27. The molecule has 0 aromatic carbocycles.